The van der Waals surface area contributed by atoms with Crippen molar-refractivity contribution in [3.05, 3.63) is 53.3 Å². The highest BCUT2D eigenvalue weighted by Gasteiger charge is 2.28. The minimum Gasteiger partial charge on any atom is -0.392 e. The van der Waals surface area contributed by atoms with Gasteiger partial charge in [-0.15, -0.1) is 0 Å². The van der Waals surface area contributed by atoms with Crippen LogP contribution in [-0.4, -0.2) is 25.8 Å². The predicted molar refractivity (Wildman–Crippen MR) is 100 cm³/mol. The highest BCUT2D eigenvalue weighted by atomic mass is 16.3. The number of benzene rings is 1. The molecule has 0 atom stereocenters. The summed E-state index contributed by atoms with van der Waals surface area (Å²) in [5, 5.41) is 17.4. The summed E-state index contributed by atoms with van der Waals surface area (Å²) in [5.74, 6) is 0.261. The number of aliphatic hydroxyl groups is 1. The smallest absolute Gasteiger partial charge is 0.256 e. The van der Waals surface area contributed by atoms with Crippen LogP contribution >= 0.6 is 0 Å². The molecule has 4 rings (SSSR count). The molecule has 6 heteroatoms. The Balaban J connectivity index is 1.75. The van der Waals surface area contributed by atoms with Crippen LogP contribution in [0.15, 0.2) is 36.5 Å². The second-order valence-corrected chi connectivity index (χ2v) is 7.10. The van der Waals surface area contributed by atoms with Crippen LogP contribution in [0.3, 0.4) is 0 Å². The molecule has 2 heterocycles. The molecule has 3 aromatic rings. The minimum absolute atomic E-state index is 0.0593. The number of pyridine rings is 1. The fourth-order valence-corrected chi connectivity index (χ4v) is 3.14. The summed E-state index contributed by atoms with van der Waals surface area (Å²) in [6.45, 7) is 4.05. The van der Waals surface area contributed by atoms with Gasteiger partial charge in [0, 0.05) is 23.3 Å². The minimum atomic E-state index is -0.183. The van der Waals surface area contributed by atoms with Gasteiger partial charge in [-0.05, 0) is 50.5 Å². The molecule has 0 radical (unpaired) electrons. The Morgan fingerprint density at radius 1 is 1.35 bits per heavy atom. The van der Waals surface area contributed by atoms with Crippen molar-refractivity contribution in [2.75, 3.05) is 5.32 Å². The van der Waals surface area contributed by atoms with Gasteiger partial charge in [0.05, 0.1) is 23.8 Å². The zero-order valence-corrected chi connectivity index (χ0v) is 14.9. The number of carbonyl (C=O) groups excluding carboxylic acids is 1. The molecule has 0 aliphatic heterocycles. The maximum atomic E-state index is 13.0. The van der Waals surface area contributed by atoms with E-state index in [4.69, 9.17) is 4.98 Å². The molecule has 2 aromatic heterocycles. The topological polar surface area (TPSA) is 80.0 Å². The first-order valence-electron chi connectivity index (χ1n) is 8.96. The fourth-order valence-electron chi connectivity index (χ4n) is 3.14. The molecule has 1 saturated carbocycles. The van der Waals surface area contributed by atoms with Crippen molar-refractivity contribution < 1.29 is 9.90 Å². The third-order valence-electron chi connectivity index (χ3n) is 4.68. The molecule has 0 unspecified atom stereocenters. The van der Waals surface area contributed by atoms with Crippen LogP contribution in [0.1, 0.15) is 60.3 Å². The predicted octanol–water partition coefficient (Wildman–Crippen LogP) is 3.63. The second kappa shape index (κ2) is 6.53. The molecule has 2 N–H and O–H groups in total. The molecule has 1 aliphatic carbocycles. The molecular weight excluding hydrogens is 328 g/mol. The summed E-state index contributed by atoms with van der Waals surface area (Å²) in [7, 11) is 0. The van der Waals surface area contributed by atoms with E-state index in [-0.39, 0.29) is 18.6 Å². The van der Waals surface area contributed by atoms with Gasteiger partial charge in [0.25, 0.3) is 5.91 Å². The van der Waals surface area contributed by atoms with E-state index in [1.807, 2.05) is 28.9 Å². The lowest BCUT2D eigenvalue weighted by atomic mass is 10.1. The average Bonchev–Trinajstić information content (AvgIpc) is 3.39. The molecule has 134 valence electrons. The van der Waals surface area contributed by atoms with Crippen LogP contribution in [0.4, 0.5) is 5.69 Å². The number of aromatic nitrogens is 3. The molecule has 1 amide bonds. The Labute approximate surface area is 151 Å². The van der Waals surface area contributed by atoms with Gasteiger partial charge in [0.15, 0.2) is 5.65 Å². The average molecular weight is 350 g/mol. The first-order valence-corrected chi connectivity index (χ1v) is 8.96. The molecule has 6 nitrogen and oxygen atoms in total. The second-order valence-electron chi connectivity index (χ2n) is 7.10. The van der Waals surface area contributed by atoms with E-state index >= 15 is 0 Å². The monoisotopic (exact) mass is 350 g/mol. The van der Waals surface area contributed by atoms with E-state index in [1.54, 1.807) is 12.3 Å². The van der Waals surface area contributed by atoms with E-state index in [0.717, 1.165) is 35.1 Å². The Hall–Kier alpha value is -2.73. The van der Waals surface area contributed by atoms with Crippen LogP contribution in [0.2, 0.25) is 0 Å². The molecule has 0 spiro atoms. The Bertz CT molecular complexity index is 973. The lowest BCUT2D eigenvalue weighted by Gasteiger charge is -2.11. The molecule has 1 aliphatic rings. The first kappa shape index (κ1) is 16.7. The number of carbonyl (C=O) groups is 1. The van der Waals surface area contributed by atoms with E-state index in [0.29, 0.717) is 17.2 Å². The van der Waals surface area contributed by atoms with Crippen LogP contribution in [0.5, 0.6) is 0 Å². The standard InChI is InChI=1S/C20H22N4O2/c1-12(2)24-19-17(10-21-24)16(9-18(23-19)14-6-7-14)20(26)22-15-5-3-4-13(8-15)11-25/h3-5,8-10,12,14,25H,6-7,11H2,1-2H3,(H,22,26). The fraction of sp³-hybridized carbons (Fsp3) is 0.350. The van der Waals surface area contributed by atoms with E-state index in [9.17, 15) is 9.90 Å². The van der Waals surface area contributed by atoms with Crippen molar-refractivity contribution in [2.24, 2.45) is 0 Å². The summed E-state index contributed by atoms with van der Waals surface area (Å²) >= 11 is 0. The van der Waals surface area contributed by atoms with Crippen LogP contribution in [0, 0.1) is 0 Å². The third kappa shape index (κ3) is 3.08. The molecule has 26 heavy (non-hydrogen) atoms. The summed E-state index contributed by atoms with van der Waals surface area (Å²) in [5.41, 5.74) is 3.75. The van der Waals surface area contributed by atoms with Crippen molar-refractivity contribution in [1.82, 2.24) is 14.8 Å². The van der Waals surface area contributed by atoms with Gasteiger partial charge in [-0.2, -0.15) is 5.10 Å². The van der Waals surface area contributed by atoms with Crippen LogP contribution in [0.25, 0.3) is 11.0 Å². The van der Waals surface area contributed by atoms with Crippen molar-refractivity contribution in [2.45, 2.75) is 45.3 Å². The van der Waals surface area contributed by atoms with Crippen LogP contribution in [-0.2, 0) is 6.61 Å². The number of hydrogen-bond acceptors (Lipinski definition) is 4. The number of rotatable bonds is 5. The van der Waals surface area contributed by atoms with Crippen molar-refractivity contribution in [1.29, 1.82) is 0 Å². The van der Waals surface area contributed by atoms with Crippen molar-refractivity contribution in [3.63, 3.8) is 0 Å². The summed E-state index contributed by atoms with van der Waals surface area (Å²) < 4.78 is 1.87. The van der Waals surface area contributed by atoms with Gasteiger partial charge in [0.2, 0.25) is 0 Å². The normalized spacial score (nSPS) is 14.2. The summed E-state index contributed by atoms with van der Waals surface area (Å²) in [4.78, 5) is 17.7. The highest BCUT2D eigenvalue weighted by Crippen LogP contribution is 2.40. The number of nitrogens with one attached hydrogen (secondary N) is 1. The zero-order chi connectivity index (χ0) is 18.3. The Morgan fingerprint density at radius 3 is 2.85 bits per heavy atom. The van der Waals surface area contributed by atoms with E-state index in [1.165, 1.54) is 0 Å². The van der Waals surface area contributed by atoms with E-state index < -0.39 is 0 Å². The number of nitrogens with zero attached hydrogens (tertiary/aromatic N) is 3. The maximum Gasteiger partial charge on any atom is 0.256 e. The van der Waals surface area contributed by atoms with Crippen molar-refractivity contribution in [3.8, 4) is 0 Å². The molecule has 1 fully saturated rings. The molecule has 1 aromatic carbocycles. The lowest BCUT2D eigenvalue weighted by Crippen LogP contribution is -2.14. The van der Waals surface area contributed by atoms with Gasteiger partial charge >= 0.3 is 0 Å². The zero-order valence-electron chi connectivity index (χ0n) is 14.9. The van der Waals surface area contributed by atoms with Crippen LogP contribution < -0.4 is 5.32 Å². The highest BCUT2D eigenvalue weighted by molar-refractivity contribution is 6.12. The quantitative estimate of drug-likeness (QED) is 0.736. The van der Waals surface area contributed by atoms with Gasteiger partial charge in [0.1, 0.15) is 0 Å². The lowest BCUT2D eigenvalue weighted by molar-refractivity contribution is 0.102. The SMILES string of the molecule is CC(C)n1ncc2c(C(=O)Nc3cccc(CO)c3)cc(C3CC3)nc21. The van der Waals surface area contributed by atoms with Gasteiger partial charge in [-0.1, -0.05) is 12.1 Å². The number of hydrogen-bond donors (Lipinski definition) is 2. The third-order valence-corrected chi connectivity index (χ3v) is 4.68. The van der Waals surface area contributed by atoms with Gasteiger partial charge in [-0.3, -0.25) is 4.79 Å². The van der Waals surface area contributed by atoms with Crippen molar-refractivity contribution >= 4 is 22.6 Å². The summed E-state index contributed by atoms with van der Waals surface area (Å²) in [6.07, 6.45) is 3.96. The number of aliphatic hydroxyl groups excluding tert-OH is 1. The molecule has 0 bridgehead atoms. The molecule has 0 saturated heterocycles. The van der Waals surface area contributed by atoms with Gasteiger partial charge in [-0.25, -0.2) is 9.67 Å². The first-order chi connectivity index (χ1) is 12.6. The van der Waals surface area contributed by atoms with Gasteiger partial charge < -0.3 is 10.4 Å². The number of anilines is 1. The molecular formula is C20H22N4O2. The Morgan fingerprint density at radius 2 is 2.15 bits per heavy atom. The summed E-state index contributed by atoms with van der Waals surface area (Å²) in [6, 6.07) is 9.29. The number of amides is 1. The number of fused-ring (bicyclic) bond motifs is 1. The Kier molecular flexibility index (Phi) is 4.20. The maximum absolute atomic E-state index is 13.0. The van der Waals surface area contributed by atoms with E-state index in [2.05, 4.69) is 24.3 Å². The largest absolute Gasteiger partial charge is 0.392 e.